The van der Waals surface area contributed by atoms with Crippen LogP contribution in [0.4, 0.5) is 0 Å². The molecule has 0 fully saturated rings. The molecule has 1 aliphatic heterocycles. The topological polar surface area (TPSA) is 46.9 Å². The van der Waals surface area contributed by atoms with Gasteiger partial charge in [-0.2, -0.15) is 0 Å². The molecule has 2 atom stereocenters. The van der Waals surface area contributed by atoms with E-state index in [4.69, 9.17) is 0 Å². The number of imidazole rings is 1. The average molecular weight is 323 g/mol. The minimum atomic E-state index is 0.196. The molecule has 0 spiro atoms. The number of amides is 1. The van der Waals surface area contributed by atoms with E-state index in [1.165, 1.54) is 17.5 Å². The molecule has 1 N–H and O–H groups in total. The maximum atomic E-state index is 12.6. The van der Waals surface area contributed by atoms with Gasteiger partial charge in [-0.3, -0.25) is 4.79 Å². The van der Waals surface area contributed by atoms with Crippen LogP contribution in [0.2, 0.25) is 0 Å². The number of carbonyl (C=O) groups excluding carboxylic acids is 1. The fourth-order valence-electron chi connectivity index (χ4n) is 4.28. The smallest absolute Gasteiger partial charge is 0.220 e. The second-order valence-corrected chi connectivity index (χ2v) is 7.25. The van der Waals surface area contributed by atoms with E-state index in [9.17, 15) is 4.79 Å². The van der Waals surface area contributed by atoms with Gasteiger partial charge in [0.25, 0.3) is 0 Å². The van der Waals surface area contributed by atoms with Gasteiger partial charge in [-0.15, -0.1) is 0 Å². The number of aromatic nitrogens is 2. The van der Waals surface area contributed by atoms with Gasteiger partial charge in [0.15, 0.2) is 0 Å². The predicted octanol–water partition coefficient (Wildman–Crippen LogP) is 3.13. The van der Waals surface area contributed by atoms with Crippen LogP contribution in [-0.2, 0) is 24.2 Å². The minimum absolute atomic E-state index is 0.196. The van der Waals surface area contributed by atoms with Gasteiger partial charge >= 0.3 is 0 Å². The fraction of sp³-hybridized carbons (Fsp3) is 0.500. The first-order chi connectivity index (χ1) is 11.7. The van der Waals surface area contributed by atoms with Crippen LogP contribution < -0.4 is 5.32 Å². The lowest BCUT2D eigenvalue weighted by atomic mass is 9.81. The summed E-state index contributed by atoms with van der Waals surface area (Å²) in [5.74, 6) is 1.73. The molecule has 126 valence electrons. The Balaban J connectivity index is 1.38. The van der Waals surface area contributed by atoms with Crippen molar-refractivity contribution in [3.63, 3.8) is 0 Å². The van der Waals surface area contributed by atoms with E-state index in [1.807, 2.05) is 6.92 Å². The summed E-state index contributed by atoms with van der Waals surface area (Å²) in [6, 6.07) is 8.85. The van der Waals surface area contributed by atoms with Crippen molar-refractivity contribution in [2.24, 2.45) is 0 Å². The third-order valence-electron chi connectivity index (χ3n) is 5.40. The van der Waals surface area contributed by atoms with E-state index >= 15 is 0 Å². The van der Waals surface area contributed by atoms with E-state index in [1.54, 1.807) is 0 Å². The number of hydrogen-bond donors (Lipinski definition) is 1. The largest absolute Gasteiger partial charge is 0.352 e. The zero-order valence-corrected chi connectivity index (χ0v) is 14.3. The first-order valence-corrected chi connectivity index (χ1v) is 9.09. The summed E-state index contributed by atoms with van der Waals surface area (Å²) in [6.07, 6.45) is 8.11. The molecule has 0 bridgehead atoms. The Labute approximate surface area is 143 Å². The number of rotatable bonds is 3. The van der Waals surface area contributed by atoms with Crippen molar-refractivity contribution in [3.8, 4) is 0 Å². The van der Waals surface area contributed by atoms with Gasteiger partial charge in [0.1, 0.15) is 5.82 Å². The minimum Gasteiger partial charge on any atom is -0.352 e. The molecule has 0 radical (unpaired) electrons. The second-order valence-electron chi connectivity index (χ2n) is 7.25. The molecule has 2 heterocycles. The van der Waals surface area contributed by atoms with Gasteiger partial charge in [-0.25, -0.2) is 4.98 Å². The van der Waals surface area contributed by atoms with E-state index in [-0.39, 0.29) is 11.9 Å². The molecular formula is C20H25N3O. The Morgan fingerprint density at radius 2 is 2.17 bits per heavy atom. The molecular weight excluding hydrogens is 298 g/mol. The monoisotopic (exact) mass is 323 g/mol. The highest BCUT2D eigenvalue weighted by Crippen LogP contribution is 2.33. The number of nitrogens with zero attached hydrogens (tertiary/aromatic N) is 2. The number of fused-ring (bicyclic) bond motifs is 2. The van der Waals surface area contributed by atoms with Crippen molar-refractivity contribution >= 4 is 5.91 Å². The highest BCUT2D eigenvalue weighted by atomic mass is 16.1. The molecule has 0 saturated carbocycles. The number of benzene rings is 1. The van der Waals surface area contributed by atoms with Crippen LogP contribution in [0.3, 0.4) is 0 Å². The van der Waals surface area contributed by atoms with E-state index in [0.29, 0.717) is 12.3 Å². The molecule has 1 amide bonds. The van der Waals surface area contributed by atoms with Crippen LogP contribution in [0.15, 0.2) is 30.5 Å². The summed E-state index contributed by atoms with van der Waals surface area (Å²) < 4.78 is 2.19. The van der Waals surface area contributed by atoms with E-state index < -0.39 is 0 Å². The van der Waals surface area contributed by atoms with Crippen molar-refractivity contribution < 1.29 is 4.79 Å². The third-order valence-corrected chi connectivity index (χ3v) is 5.40. The molecule has 2 unspecified atom stereocenters. The molecule has 0 saturated heterocycles. The molecule has 24 heavy (non-hydrogen) atoms. The molecule has 2 aromatic rings. The third kappa shape index (κ3) is 3.10. The summed E-state index contributed by atoms with van der Waals surface area (Å²) in [6.45, 7) is 2.88. The Hall–Kier alpha value is -2.10. The van der Waals surface area contributed by atoms with E-state index in [2.05, 4.69) is 45.3 Å². The maximum absolute atomic E-state index is 12.6. The molecule has 2 aliphatic rings. The Kier molecular flexibility index (Phi) is 4.13. The number of carbonyl (C=O) groups is 1. The Morgan fingerprint density at radius 3 is 3.08 bits per heavy atom. The molecule has 4 rings (SSSR count). The SMILES string of the molecule is Cc1cn2c(n1)CCC(NC(=O)CC1CCCc3ccccc31)C2. The summed E-state index contributed by atoms with van der Waals surface area (Å²) in [4.78, 5) is 17.1. The lowest BCUT2D eigenvalue weighted by Crippen LogP contribution is -2.41. The van der Waals surface area contributed by atoms with Crippen LogP contribution in [0.5, 0.6) is 0 Å². The quantitative estimate of drug-likeness (QED) is 0.943. The number of hydrogen-bond acceptors (Lipinski definition) is 2. The van der Waals surface area contributed by atoms with Gasteiger partial charge in [-0.1, -0.05) is 24.3 Å². The van der Waals surface area contributed by atoms with Crippen LogP contribution in [0.25, 0.3) is 0 Å². The molecule has 1 aromatic carbocycles. The van der Waals surface area contributed by atoms with Crippen molar-refractivity contribution in [1.82, 2.24) is 14.9 Å². The van der Waals surface area contributed by atoms with Crippen LogP contribution >= 0.6 is 0 Å². The predicted molar refractivity (Wildman–Crippen MR) is 94.0 cm³/mol. The second kappa shape index (κ2) is 6.42. The summed E-state index contributed by atoms with van der Waals surface area (Å²) in [7, 11) is 0. The average Bonchev–Trinajstić information content (AvgIpc) is 2.94. The first-order valence-electron chi connectivity index (χ1n) is 9.09. The van der Waals surface area contributed by atoms with Crippen molar-refractivity contribution in [2.75, 3.05) is 0 Å². The lowest BCUT2D eigenvalue weighted by Gasteiger charge is -2.28. The molecule has 4 heteroatoms. The maximum Gasteiger partial charge on any atom is 0.220 e. The van der Waals surface area contributed by atoms with Crippen molar-refractivity contribution in [2.45, 2.75) is 64.0 Å². The van der Waals surface area contributed by atoms with Gasteiger partial charge in [0.05, 0.1) is 5.69 Å². The summed E-state index contributed by atoms with van der Waals surface area (Å²) in [5.41, 5.74) is 3.88. The van der Waals surface area contributed by atoms with Crippen molar-refractivity contribution in [3.05, 3.63) is 53.1 Å². The zero-order chi connectivity index (χ0) is 16.5. The summed E-state index contributed by atoms with van der Waals surface area (Å²) in [5, 5.41) is 3.26. The Morgan fingerprint density at radius 1 is 1.29 bits per heavy atom. The van der Waals surface area contributed by atoms with Crippen LogP contribution in [0.1, 0.15) is 54.2 Å². The van der Waals surface area contributed by atoms with Gasteiger partial charge in [-0.05, 0) is 49.7 Å². The van der Waals surface area contributed by atoms with Gasteiger partial charge in [0.2, 0.25) is 5.91 Å². The standard InChI is InChI=1S/C20H25N3O/c1-14-12-23-13-17(9-10-19(23)21-14)22-20(24)11-16-7-4-6-15-5-2-3-8-18(15)16/h2-3,5,8,12,16-17H,4,6-7,9-11,13H2,1H3,(H,22,24). The lowest BCUT2D eigenvalue weighted by molar-refractivity contribution is -0.122. The zero-order valence-electron chi connectivity index (χ0n) is 14.3. The first kappa shape index (κ1) is 15.4. The number of aryl methyl sites for hydroxylation is 3. The molecule has 1 aliphatic carbocycles. The van der Waals surface area contributed by atoms with E-state index in [0.717, 1.165) is 43.7 Å². The Bertz CT molecular complexity index is 749. The van der Waals surface area contributed by atoms with Gasteiger partial charge in [0, 0.05) is 31.6 Å². The molecule has 1 aromatic heterocycles. The van der Waals surface area contributed by atoms with Crippen LogP contribution in [0, 0.1) is 6.92 Å². The fourth-order valence-corrected chi connectivity index (χ4v) is 4.28. The molecule has 4 nitrogen and oxygen atoms in total. The van der Waals surface area contributed by atoms with Gasteiger partial charge < -0.3 is 9.88 Å². The normalized spacial score (nSPS) is 22.5. The highest BCUT2D eigenvalue weighted by molar-refractivity contribution is 5.77. The van der Waals surface area contributed by atoms with Crippen molar-refractivity contribution in [1.29, 1.82) is 0 Å². The van der Waals surface area contributed by atoms with Crippen LogP contribution in [-0.4, -0.2) is 21.5 Å². The summed E-state index contributed by atoms with van der Waals surface area (Å²) >= 11 is 0. The highest BCUT2D eigenvalue weighted by Gasteiger charge is 2.25. The number of nitrogens with one attached hydrogen (secondary N) is 1.